The number of amides is 1. The zero-order chi connectivity index (χ0) is 21.2. The third kappa shape index (κ3) is 4.65. The summed E-state index contributed by atoms with van der Waals surface area (Å²) in [6.07, 6.45) is 1.65. The highest BCUT2D eigenvalue weighted by molar-refractivity contribution is 7.89. The van der Waals surface area contributed by atoms with Crippen molar-refractivity contribution in [2.45, 2.75) is 31.6 Å². The van der Waals surface area contributed by atoms with Crippen molar-refractivity contribution in [3.05, 3.63) is 59.2 Å². The number of anilines is 1. The van der Waals surface area contributed by atoms with Gasteiger partial charge in [-0.05, 0) is 67.6 Å². The van der Waals surface area contributed by atoms with Crippen LogP contribution in [-0.2, 0) is 10.0 Å². The number of hydrogen-bond acceptors (Lipinski definition) is 4. The molecule has 1 fully saturated rings. The zero-order valence-electron chi connectivity index (χ0n) is 16.4. The molecular formula is C21H24N2O5S. The Labute approximate surface area is 170 Å². The Kier molecular flexibility index (Phi) is 6.04. The van der Waals surface area contributed by atoms with Gasteiger partial charge in [0, 0.05) is 24.3 Å². The number of piperidine rings is 1. The van der Waals surface area contributed by atoms with Gasteiger partial charge in [0.1, 0.15) is 0 Å². The van der Waals surface area contributed by atoms with Crippen LogP contribution in [0.5, 0.6) is 0 Å². The summed E-state index contributed by atoms with van der Waals surface area (Å²) in [7, 11) is -3.66. The van der Waals surface area contributed by atoms with E-state index in [9.17, 15) is 18.0 Å². The molecule has 29 heavy (non-hydrogen) atoms. The lowest BCUT2D eigenvalue weighted by Gasteiger charge is -2.29. The van der Waals surface area contributed by atoms with Crippen LogP contribution in [0.15, 0.2) is 47.4 Å². The largest absolute Gasteiger partial charge is 0.478 e. The summed E-state index contributed by atoms with van der Waals surface area (Å²) >= 11 is 0. The average Bonchev–Trinajstić information content (AvgIpc) is 2.68. The summed E-state index contributed by atoms with van der Waals surface area (Å²) < 4.78 is 27.4. The fraction of sp³-hybridized carbons (Fsp3) is 0.333. The molecule has 0 spiro atoms. The van der Waals surface area contributed by atoms with Crippen molar-refractivity contribution in [3.63, 3.8) is 0 Å². The smallest absolute Gasteiger partial charge is 0.335 e. The number of benzene rings is 2. The van der Waals surface area contributed by atoms with Gasteiger partial charge in [0.25, 0.3) is 5.91 Å². The number of carboxylic acids is 1. The van der Waals surface area contributed by atoms with Crippen molar-refractivity contribution in [1.82, 2.24) is 4.31 Å². The Morgan fingerprint density at radius 1 is 1.07 bits per heavy atom. The van der Waals surface area contributed by atoms with E-state index < -0.39 is 21.9 Å². The molecule has 1 saturated heterocycles. The zero-order valence-corrected chi connectivity index (χ0v) is 17.2. The summed E-state index contributed by atoms with van der Waals surface area (Å²) in [6.45, 7) is 4.81. The maximum absolute atomic E-state index is 13.0. The number of carboxylic acid groups (broad SMARTS) is 1. The molecule has 1 amide bonds. The highest BCUT2D eigenvalue weighted by Crippen LogP contribution is 2.25. The minimum atomic E-state index is -3.66. The van der Waals surface area contributed by atoms with Crippen LogP contribution in [-0.4, -0.2) is 42.8 Å². The van der Waals surface area contributed by atoms with Gasteiger partial charge in [-0.3, -0.25) is 4.79 Å². The number of aryl methyl sites for hydroxylation is 1. The predicted molar refractivity (Wildman–Crippen MR) is 110 cm³/mol. The monoisotopic (exact) mass is 416 g/mol. The Bertz CT molecular complexity index is 1020. The topological polar surface area (TPSA) is 104 Å². The van der Waals surface area contributed by atoms with Gasteiger partial charge in [-0.25, -0.2) is 13.2 Å². The van der Waals surface area contributed by atoms with Crippen LogP contribution in [0.2, 0.25) is 0 Å². The molecule has 154 valence electrons. The lowest BCUT2D eigenvalue weighted by molar-refractivity contribution is 0.0696. The third-order valence-corrected chi connectivity index (χ3v) is 7.12. The summed E-state index contributed by atoms with van der Waals surface area (Å²) in [5, 5.41) is 11.6. The standard InChI is InChI=1S/C21H24N2O5S/c1-14-9-11-23(12-10-14)29(27,28)18-8-3-15(2)19(13-18)20(24)22-17-6-4-16(5-7-17)21(25)26/h3-8,13-14H,9-12H2,1-2H3,(H,22,24)(H,25,26). The number of nitrogens with one attached hydrogen (secondary N) is 1. The van der Waals surface area contributed by atoms with E-state index in [4.69, 9.17) is 5.11 Å². The second kappa shape index (κ2) is 8.34. The second-order valence-electron chi connectivity index (χ2n) is 7.40. The number of rotatable bonds is 5. The van der Waals surface area contributed by atoms with E-state index in [1.165, 1.54) is 40.7 Å². The lowest BCUT2D eigenvalue weighted by Crippen LogP contribution is -2.38. The maximum atomic E-state index is 13.0. The predicted octanol–water partition coefficient (Wildman–Crippen LogP) is 3.37. The van der Waals surface area contributed by atoms with E-state index in [1.807, 2.05) is 0 Å². The Morgan fingerprint density at radius 2 is 1.69 bits per heavy atom. The van der Waals surface area contributed by atoms with Crippen LogP contribution < -0.4 is 5.32 Å². The molecule has 1 aliphatic heterocycles. The highest BCUT2D eigenvalue weighted by atomic mass is 32.2. The third-order valence-electron chi connectivity index (χ3n) is 5.22. The van der Waals surface area contributed by atoms with Crippen molar-refractivity contribution in [3.8, 4) is 0 Å². The first kappa shape index (κ1) is 21.0. The Hall–Kier alpha value is -2.71. The number of carbonyl (C=O) groups is 2. The lowest BCUT2D eigenvalue weighted by atomic mass is 10.0. The normalized spacial score (nSPS) is 15.8. The van der Waals surface area contributed by atoms with Crippen molar-refractivity contribution in [2.24, 2.45) is 5.92 Å². The van der Waals surface area contributed by atoms with E-state index in [0.717, 1.165) is 12.8 Å². The van der Waals surface area contributed by atoms with Crippen LogP contribution in [0, 0.1) is 12.8 Å². The summed E-state index contributed by atoms with van der Waals surface area (Å²) in [6, 6.07) is 10.3. The second-order valence-corrected chi connectivity index (χ2v) is 9.34. The molecule has 2 N–H and O–H groups in total. The number of carbonyl (C=O) groups excluding carboxylic acids is 1. The van der Waals surface area contributed by atoms with Crippen molar-refractivity contribution < 1.29 is 23.1 Å². The van der Waals surface area contributed by atoms with Gasteiger partial charge in [-0.15, -0.1) is 0 Å². The molecule has 0 unspecified atom stereocenters. The molecule has 0 saturated carbocycles. The molecule has 1 aliphatic rings. The van der Waals surface area contributed by atoms with Gasteiger partial charge in [0.2, 0.25) is 10.0 Å². The van der Waals surface area contributed by atoms with Crippen LogP contribution >= 0.6 is 0 Å². The van der Waals surface area contributed by atoms with Crippen LogP contribution in [0.1, 0.15) is 46.0 Å². The van der Waals surface area contributed by atoms with E-state index >= 15 is 0 Å². The molecule has 0 atom stereocenters. The molecule has 0 radical (unpaired) electrons. The van der Waals surface area contributed by atoms with Gasteiger partial charge in [0.05, 0.1) is 10.5 Å². The van der Waals surface area contributed by atoms with Crippen LogP contribution in [0.25, 0.3) is 0 Å². The quantitative estimate of drug-likeness (QED) is 0.778. The van der Waals surface area contributed by atoms with E-state index in [-0.39, 0.29) is 16.0 Å². The van der Waals surface area contributed by atoms with Crippen molar-refractivity contribution >= 4 is 27.6 Å². The van der Waals surface area contributed by atoms with Gasteiger partial charge >= 0.3 is 5.97 Å². The van der Waals surface area contributed by atoms with E-state index in [1.54, 1.807) is 13.0 Å². The molecule has 8 heteroatoms. The maximum Gasteiger partial charge on any atom is 0.335 e. The SMILES string of the molecule is Cc1ccc(S(=O)(=O)N2CCC(C)CC2)cc1C(=O)Nc1ccc(C(=O)O)cc1. The first-order valence-corrected chi connectivity index (χ1v) is 10.9. The molecular weight excluding hydrogens is 392 g/mol. The summed E-state index contributed by atoms with van der Waals surface area (Å²) in [5.41, 5.74) is 1.45. The van der Waals surface area contributed by atoms with Crippen molar-refractivity contribution in [2.75, 3.05) is 18.4 Å². The summed E-state index contributed by atoms with van der Waals surface area (Å²) in [4.78, 5) is 23.7. The van der Waals surface area contributed by atoms with E-state index in [2.05, 4.69) is 12.2 Å². The average molecular weight is 416 g/mol. The fourth-order valence-corrected chi connectivity index (χ4v) is 4.77. The molecule has 0 aromatic heterocycles. The molecule has 2 aromatic rings. The molecule has 0 aliphatic carbocycles. The fourth-order valence-electron chi connectivity index (χ4n) is 3.28. The molecule has 7 nitrogen and oxygen atoms in total. The number of sulfonamides is 1. The van der Waals surface area contributed by atoms with Crippen molar-refractivity contribution in [1.29, 1.82) is 0 Å². The van der Waals surface area contributed by atoms with Crippen LogP contribution in [0.3, 0.4) is 0 Å². The van der Waals surface area contributed by atoms with E-state index in [0.29, 0.717) is 30.3 Å². The van der Waals surface area contributed by atoms with Gasteiger partial charge < -0.3 is 10.4 Å². The Balaban J connectivity index is 1.82. The summed E-state index contributed by atoms with van der Waals surface area (Å²) in [5.74, 6) is -0.994. The number of hydrogen-bond donors (Lipinski definition) is 2. The Morgan fingerprint density at radius 3 is 2.28 bits per heavy atom. The van der Waals surface area contributed by atoms with Crippen LogP contribution in [0.4, 0.5) is 5.69 Å². The number of aromatic carboxylic acids is 1. The van der Waals surface area contributed by atoms with Gasteiger partial charge in [-0.1, -0.05) is 13.0 Å². The molecule has 2 aromatic carbocycles. The molecule has 1 heterocycles. The molecule has 3 rings (SSSR count). The minimum Gasteiger partial charge on any atom is -0.478 e. The van der Waals surface area contributed by atoms with Gasteiger partial charge in [-0.2, -0.15) is 4.31 Å². The minimum absolute atomic E-state index is 0.101. The first-order valence-electron chi connectivity index (χ1n) is 9.44. The molecule has 0 bridgehead atoms. The first-order chi connectivity index (χ1) is 13.7. The highest BCUT2D eigenvalue weighted by Gasteiger charge is 2.29. The van der Waals surface area contributed by atoms with Gasteiger partial charge in [0.15, 0.2) is 0 Å². The number of nitrogens with zero attached hydrogens (tertiary/aromatic N) is 1.